The fraction of sp³-hybridized carbons (Fsp3) is 0.471. The maximum atomic E-state index is 12.7. The lowest BCUT2D eigenvalue weighted by Gasteiger charge is -2.41. The monoisotopic (exact) mass is 598 g/mol. The molecule has 7 rings (SSSR count). The molecule has 1 fully saturated rings. The van der Waals surface area contributed by atoms with Crippen LogP contribution in [0.1, 0.15) is 81.9 Å². The number of piperidine rings is 1. The molecule has 10 nitrogen and oxygen atoms in total. The molecule has 1 N–H and O–H groups in total. The number of ether oxygens (including phenoxy) is 2. The Hall–Kier alpha value is -4.18. The van der Waals surface area contributed by atoms with Crippen molar-refractivity contribution in [2.24, 2.45) is 5.41 Å². The van der Waals surface area contributed by atoms with Crippen molar-refractivity contribution < 1.29 is 19.4 Å². The quantitative estimate of drug-likeness (QED) is 0.283. The Labute approximate surface area is 258 Å². The standard InChI is InChI=1S/C34H42N6O4/c1-23-29(30(32(41)42)44-33(2,3)4)31-38-15-13-34(5,14-16-38)12-7-6-8-17-43-26-11-9-10-24(19-26)18-25-21-35-39(22-25)28-20-27(36-23)40(31)37-28/h6,8-11,19-22,30H,7,12-18H2,1-5H3,(H,41,42)/b8-6+/t30-/m0/s1. The molecule has 44 heavy (non-hydrogen) atoms. The number of carbonyl (C=O) groups is 1. The third-order valence-corrected chi connectivity index (χ3v) is 8.62. The van der Waals surface area contributed by atoms with E-state index in [4.69, 9.17) is 19.6 Å². The second kappa shape index (κ2) is 11.7. The van der Waals surface area contributed by atoms with Crippen molar-refractivity contribution in [3.8, 4) is 11.6 Å². The van der Waals surface area contributed by atoms with E-state index < -0.39 is 17.7 Å². The van der Waals surface area contributed by atoms with Crippen LogP contribution in [-0.2, 0) is 16.0 Å². The lowest BCUT2D eigenvalue weighted by atomic mass is 9.76. The van der Waals surface area contributed by atoms with Gasteiger partial charge in [-0.05, 0) is 82.1 Å². The van der Waals surface area contributed by atoms with Gasteiger partial charge in [-0.25, -0.2) is 14.5 Å². The van der Waals surface area contributed by atoms with Gasteiger partial charge in [0.05, 0.1) is 17.4 Å². The highest BCUT2D eigenvalue weighted by atomic mass is 16.5. The first-order valence-corrected chi connectivity index (χ1v) is 15.4. The lowest BCUT2D eigenvalue weighted by Crippen LogP contribution is -2.41. The average molecular weight is 599 g/mol. The third-order valence-electron chi connectivity index (χ3n) is 8.62. The molecule has 4 aromatic rings. The number of carboxylic acid groups (broad SMARTS) is 1. The zero-order valence-corrected chi connectivity index (χ0v) is 26.3. The topological polar surface area (TPSA) is 107 Å². The number of rotatable bonds is 3. The Balaban J connectivity index is 1.47. The van der Waals surface area contributed by atoms with Crippen LogP contribution in [-0.4, -0.2) is 60.8 Å². The molecule has 1 atom stereocenters. The van der Waals surface area contributed by atoms with E-state index in [1.54, 1.807) is 9.20 Å². The van der Waals surface area contributed by atoms with Crippen molar-refractivity contribution in [1.82, 2.24) is 24.4 Å². The number of allylic oxidation sites excluding steroid dienone is 1. The van der Waals surface area contributed by atoms with Gasteiger partial charge in [0.2, 0.25) is 0 Å². The van der Waals surface area contributed by atoms with E-state index >= 15 is 0 Å². The molecule has 6 heterocycles. The third kappa shape index (κ3) is 6.36. The van der Waals surface area contributed by atoms with E-state index in [9.17, 15) is 9.90 Å². The van der Waals surface area contributed by atoms with Crippen molar-refractivity contribution in [2.75, 3.05) is 24.6 Å². The first-order chi connectivity index (χ1) is 21.0. The normalized spacial score (nSPS) is 18.5. The number of aryl methyl sites for hydroxylation is 1. The molecular weight excluding hydrogens is 556 g/mol. The Morgan fingerprint density at radius 1 is 1.11 bits per heavy atom. The van der Waals surface area contributed by atoms with Gasteiger partial charge in [-0.1, -0.05) is 31.2 Å². The van der Waals surface area contributed by atoms with Crippen LogP contribution in [0.5, 0.6) is 5.75 Å². The molecule has 0 saturated carbocycles. The van der Waals surface area contributed by atoms with E-state index in [1.807, 2.05) is 58.3 Å². The molecule has 3 aliphatic rings. The Kier molecular flexibility index (Phi) is 7.96. The maximum absolute atomic E-state index is 12.7. The largest absolute Gasteiger partial charge is 0.490 e. The van der Waals surface area contributed by atoms with Crippen LogP contribution in [0.25, 0.3) is 11.5 Å². The zero-order valence-electron chi connectivity index (χ0n) is 26.3. The van der Waals surface area contributed by atoms with Gasteiger partial charge in [0, 0.05) is 37.5 Å². The van der Waals surface area contributed by atoms with E-state index in [0.29, 0.717) is 35.8 Å². The van der Waals surface area contributed by atoms with Crippen molar-refractivity contribution in [1.29, 1.82) is 0 Å². The van der Waals surface area contributed by atoms with Crippen LogP contribution in [0.3, 0.4) is 0 Å². The highest BCUT2D eigenvalue weighted by molar-refractivity contribution is 5.78. The summed E-state index contributed by atoms with van der Waals surface area (Å²) in [5.41, 5.74) is 3.46. The summed E-state index contributed by atoms with van der Waals surface area (Å²) in [4.78, 5) is 19.8. The van der Waals surface area contributed by atoms with E-state index in [-0.39, 0.29) is 5.41 Å². The minimum absolute atomic E-state index is 0.172. The highest BCUT2D eigenvalue weighted by Crippen LogP contribution is 2.41. The van der Waals surface area contributed by atoms with Gasteiger partial charge in [-0.15, -0.1) is 5.10 Å². The molecule has 3 aliphatic heterocycles. The van der Waals surface area contributed by atoms with Crippen LogP contribution in [0, 0.1) is 12.3 Å². The maximum Gasteiger partial charge on any atom is 0.337 e. The van der Waals surface area contributed by atoms with E-state index in [2.05, 4.69) is 41.2 Å². The summed E-state index contributed by atoms with van der Waals surface area (Å²) in [6, 6.07) is 10.1. The van der Waals surface area contributed by atoms with Crippen molar-refractivity contribution >= 4 is 17.4 Å². The van der Waals surface area contributed by atoms with Crippen LogP contribution >= 0.6 is 0 Å². The van der Waals surface area contributed by atoms with Gasteiger partial charge in [-0.2, -0.15) is 9.61 Å². The number of anilines is 1. The van der Waals surface area contributed by atoms with Gasteiger partial charge in [0.15, 0.2) is 17.6 Å². The minimum Gasteiger partial charge on any atom is -0.490 e. The van der Waals surface area contributed by atoms with Crippen molar-refractivity contribution in [3.63, 3.8) is 0 Å². The first kappa shape index (κ1) is 29.9. The molecule has 0 radical (unpaired) electrons. The summed E-state index contributed by atoms with van der Waals surface area (Å²) in [5, 5.41) is 20.0. The first-order valence-electron chi connectivity index (χ1n) is 15.4. The summed E-state index contributed by atoms with van der Waals surface area (Å²) < 4.78 is 15.7. The number of aromatic nitrogens is 5. The predicted molar refractivity (Wildman–Crippen MR) is 169 cm³/mol. The number of benzene rings is 1. The number of fused-ring (bicyclic) bond motifs is 6. The Bertz CT molecular complexity index is 1690. The average Bonchev–Trinajstić information content (AvgIpc) is 3.60. The van der Waals surface area contributed by atoms with Gasteiger partial charge >= 0.3 is 5.97 Å². The molecular formula is C34H42N6O4. The van der Waals surface area contributed by atoms with Gasteiger partial charge < -0.3 is 19.5 Å². The molecule has 1 saturated heterocycles. The fourth-order valence-corrected chi connectivity index (χ4v) is 6.24. The van der Waals surface area contributed by atoms with Crippen molar-refractivity contribution in [3.05, 3.63) is 77.3 Å². The van der Waals surface area contributed by atoms with Gasteiger partial charge in [0.25, 0.3) is 0 Å². The van der Waals surface area contributed by atoms with Gasteiger partial charge in [-0.3, -0.25) is 0 Å². The van der Waals surface area contributed by atoms with Crippen LogP contribution in [0.2, 0.25) is 0 Å². The van der Waals surface area contributed by atoms with Crippen molar-refractivity contribution in [2.45, 2.75) is 78.4 Å². The molecule has 8 bridgehead atoms. The minimum atomic E-state index is -1.20. The number of carboxylic acids is 1. The summed E-state index contributed by atoms with van der Waals surface area (Å²) in [7, 11) is 0. The van der Waals surface area contributed by atoms with Gasteiger partial charge in [0.1, 0.15) is 18.2 Å². The summed E-state index contributed by atoms with van der Waals surface area (Å²) >= 11 is 0. The SMILES string of the molecule is Cc1nc2cc3nn2c(c1[C@H](OC(C)(C)C)C(=O)O)N1CCC(C)(CC/C=C/COc2cccc(c2)Cc2cnn-3c2)CC1. The number of hydrogen-bond acceptors (Lipinski definition) is 7. The molecule has 0 unspecified atom stereocenters. The molecule has 0 amide bonds. The molecule has 0 spiro atoms. The predicted octanol–water partition coefficient (Wildman–Crippen LogP) is 6.09. The van der Waals surface area contributed by atoms with E-state index in [1.165, 1.54) is 0 Å². The summed E-state index contributed by atoms with van der Waals surface area (Å²) in [6.07, 6.45) is 11.7. The second-order valence-corrected chi connectivity index (χ2v) is 13.4. The highest BCUT2D eigenvalue weighted by Gasteiger charge is 2.37. The molecule has 0 aliphatic carbocycles. The molecule has 3 aromatic heterocycles. The second-order valence-electron chi connectivity index (χ2n) is 13.4. The van der Waals surface area contributed by atoms with Crippen LogP contribution in [0.15, 0.2) is 54.9 Å². The van der Waals surface area contributed by atoms with E-state index in [0.717, 1.165) is 61.5 Å². The van der Waals surface area contributed by atoms with Crippen LogP contribution < -0.4 is 9.64 Å². The zero-order chi connectivity index (χ0) is 31.1. The lowest BCUT2D eigenvalue weighted by molar-refractivity contribution is -0.160. The summed E-state index contributed by atoms with van der Waals surface area (Å²) in [6.45, 7) is 11.9. The molecule has 10 heteroatoms. The Morgan fingerprint density at radius 3 is 2.66 bits per heavy atom. The van der Waals surface area contributed by atoms with Crippen LogP contribution in [0.4, 0.5) is 5.82 Å². The molecule has 1 aromatic carbocycles. The molecule has 232 valence electrons. The summed E-state index contributed by atoms with van der Waals surface area (Å²) in [5.74, 6) is 1.14. The Morgan fingerprint density at radius 2 is 1.91 bits per heavy atom. The number of hydrogen-bond donors (Lipinski definition) is 1. The number of aliphatic carboxylic acids is 1. The smallest absolute Gasteiger partial charge is 0.337 e. The number of nitrogens with zero attached hydrogens (tertiary/aromatic N) is 6. The fourth-order valence-electron chi connectivity index (χ4n) is 6.24.